The fourth-order valence-electron chi connectivity index (χ4n) is 3.63. The summed E-state index contributed by atoms with van der Waals surface area (Å²) in [4.78, 5) is 26.5. The molecule has 9 heteroatoms. The maximum absolute atomic E-state index is 12.9. The fraction of sp³-hybridized carbons (Fsp3) is 0.391. The number of aryl methyl sites for hydroxylation is 4. The van der Waals surface area contributed by atoms with Crippen LogP contribution in [0, 0.1) is 27.7 Å². The Morgan fingerprint density at radius 3 is 2.19 bits per heavy atom. The highest BCUT2D eigenvalue weighted by Gasteiger charge is 2.29. The first-order valence-electron chi connectivity index (χ1n) is 10.5. The molecule has 3 amide bonds. The van der Waals surface area contributed by atoms with Gasteiger partial charge in [-0.25, -0.2) is 13.2 Å². The normalized spacial score (nSPS) is 15.4. The summed E-state index contributed by atoms with van der Waals surface area (Å²) in [6.07, 6.45) is 0. The minimum Gasteiger partial charge on any atom is -0.307 e. The Bertz CT molecular complexity index is 1120. The highest BCUT2D eigenvalue weighted by Crippen LogP contribution is 2.20. The molecule has 0 spiro atoms. The topological polar surface area (TPSA) is 98.8 Å². The molecule has 0 unspecified atom stereocenters. The first-order valence-corrected chi connectivity index (χ1v) is 12.0. The van der Waals surface area contributed by atoms with Crippen molar-refractivity contribution in [1.29, 1.82) is 0 Å². The van der Waals surface area contributed by atoms with Gasteiger partial charge in [-0.05, 0) is 62.6 Å². The van der Waals surface area contributed by atoms with Crippen molar-refractivity contribution in [2.45, 2.75) is 32.6 Å². The molecule has 2 aromatic carbocycles. The second kappa shape index (κ2) is 9.81. The van der Waals surface area contributed by atoms with E-state index in [9.17, 15) is 18.0 Å². The van der Waals surface area contributed by atoms with Crippen LogP contribution < -0.4 is 10.6 Å². The van der Waals surface area contributed by atoms with Gasteiger partial charge in [0, 0.05) is 31.9 Å². The van der Waals surface area contributed by atoms with Crippen molar-refractivity contribution in [1.82, 2.24) is 14.5 Å². The maximum atomic E-state index is 12.9. The Morgan fingerprint density at radius 2 is 1.56 bits per heavy atom. The number of piperazine rings is 1. The van der Waals surface area contributed by atoms with Crippen LogP contribution in [0.3, 0.4) is 0 Å². The van der Waals surface area contributed by atoms with Gasteiger partial charge in [-0.15, -0.1) is 0 Å². The van der Waals surface area contributed by atoms with Gasteiger partial charge < -0.3 is 5.32 Å². The average Bonchev–Trinajstić information content (AvgIpc) is 2.72. The molecule has 8 nitrogen and oxygen atoms in total. The molecule has 1 heterocycles. The number of nitrogens with zero attached hydrogens (tertiary/aromatic N) is 2. The second-order valence-electron chi connectivity index (χ2n) is 8.25. The second-order valence-corrected chi connectivity index (χ2v) is 10.2. The zero-order valence-corrected chi connectivity index (χ0v) is 19.8. The van der Waals surface area contributed by atoms with Crippen molar-refractivity contribution >= 4 is 27.6 Å². The van der Waals surface area contributed by atoms with Gasteiger partial charge in [0.25, 0.3) is 0 Å². The van der Waals surface area contributed by atoms with E-state index in [0.717, 1.165) is 22.3 Å². The highest BCUT2D eigenvalue weighted by molar-refractivity contribution is 7.89. The van der Waals surface area contributed by atoms with E-state index in [0.29, 0.717) is 18.8 Å². The lowest BCUT2D eigenvalue weighted by Crippen LogP contribution is -2.51. The van der Waals surface area contributed by atoms with Gasteiger partial charge in [0.2, 0.25) is 15.9 Å². The molecule has 1 aliphatic rings. The van der Waals surface area contributed by atoms with Gasteiger partial charge in [-0.1, -0.05) is 23.8 Å². The monoisotopic (exact) mass is 458 g/mol. The summed E-state index contributed by atoms with van der Waals surface area (Å²) in [6, 6.07) is 10.2. The number of rotatable bonds is 5. The Labute approximate surface area is 189 Å². The molecule has 1 fully saturated rings. The van der Waals surface area contributed by atoms with E-state index in [1.54, 1.807) is 18.2 Å². The molecule has 1 saturated heterocycles. The first kappa shape index (κ1) is 23.9. The van der Waals surface area contributed by atoms with Crippen molar-refractivity contribution in [3.05, 3.63) is 58.7 Å². The summed E-state index contributed by atoms with van der Waals surface area (Å²) in [6.45, 7) is 9.11. The molecule has 0 aromatic heterocycles. The van der Waals surface area contributed by atoms with Crippen molar-refractivity contribution < 1.29 is 18.0 Å². The Balaban J connectivity index is 1.50. The van der Waals surface area contributed by atoms with Gasteiger partial charge in [-0.3, -0.25) is 15.0 Å². The number of urea groups is 1. The summed E-state index contributed by atoms with van der Waals surface area (Å²) >= 11 is 0. The number of hydrogen-bond donors (Lipinski definition) is 2. The zero-order valence-electron chi connectivity index (χ0n) is 18.9. The van der Waals surface area contributed by atoms with Gasteiger partial charge in [-0.2, -0.15) is 4.31 Å². The number of carbonyl (C=O) groups is 2. The molecule has 0 atom stereocenters. The van der Waals surface area contributed by atoms with E-state index in [1.807, 2.05) is 50.8 Å². The van der Waals surface area contributed by atoms with Crippen LogP contribution in [0.5, 0.6) is 0 Å². The van der Waals surface area contributed by atoms with Crippen LogP contribution in [0.25, 0.3) is 0 Å². The van der Waals surface area contributed by atoms with Gasteiger partial charge in [0.1, 0.15) is 0 Å². The van der Waals surface area contributed by atoms with Crippen LogP contribution >= 0.6 is 0 Å². The van der Waals surface area contributed by atoms with Crippen LogP contribution in [-0.2, 0) is 14.8 Å². The summed E-state index contributed by atoms with van der Waals surface area (Å²) < 4.78 is 27.3. The minimum atomic E-state index is -3.57. The number of nitrogens with one attached hydrogen (secondary N) is 2. The van der Waals surface area contributed by atoms with Crippen molar-refractivity contribution in [3.63, 3.8) is 0 Å². The number of imide groups is 1. The third-order valence-corrected chi connectivity index (χ3v) is 7.59. The number of benzene rings is 2. The smallest absolute Gasteiger partial charge is 0.307 e. The SMILES string of the molecule is Cc1ccc(NC(=O)NC(=O)CN2CCN(S(=O)(=O)c3ccc(C)c(C)c3)CC2)c(C)c1. The molecule has 1 aliphatic heterocycles. The van der Waals surface area contributed by atoms with Crippen molar-refractivity contribution in [3.8, 4) is 0 Å². The third-order valence-electron chi connectivity index (χ3n) is 5.70. The van der Waals surface area contributed by atoms with Crippen molar-refractivity contribution in [2.24, 2.45) is 0 Å². The third kappa shape index (κ3) is 5.73. The van der Waals surface area contributed by atoms with Crippen molar-refractivity contribution in [2.75, 3.05) is 38.0 Å². The summed E-state index contributed by atoms with van der Waals surface area (Å²) in [5, 5.41) is 5.02. The summed E-state index contributed by atoms with van der Waals surface area (Å²) in [7, 11) is -3.57. The van der Waals surface area contributed by atoms with E-state index in [1.165, 1.54) is 4.31 Å². The average molecular weight is 459 g/mol. The predicted octanol–water partition coefficient (Wildman–Crippen LogP) is 2.57. The van der Waals surface area contributed by atoms with Gasteiger partial charge >= 0.3 is 6.03 Å². The van der Waals surface area contributed by atoms with E-state index in [-0.39, 0.29) is 24.5 Å². The lowest BCUT2D eigenvalue weighted by molar-refractivity contribution is -0.121. The Hall–Kier alpha value is -2.75. The van der Waals surface area contributed by atoms with Crippen LogP contribution in [0.15, 0.2) is 41.3 Å². The lowest BCUT2D eigenvalue weighted by atomic mass is 10.1. The molecular formula is C23H30N4O4S. The van der Waals surface area contributed by atoms with Crippen LogP contribution in [0.1, 0.15) is 22.3 Å². The summed E-state index contributed by atoms with van der Waals surface area (Å²) in [5.41, 5.74) is 4.62. The number of carbonyl (C=O) groups excluding carboxylic acids is 2. The molecule has 0 saturated carbocycles. The molecule has 32 heavy (non-hydrogen) atoms. The predicted molar refractivity (Wildman–Crippen MR) is 124 cm³/mol. The van der Waals surface area contributed by atoms with Crippen LogP contribution in [-0.4, -0.2) is 62.3 Å². The number of hydrogen-bond acceptors (Lipinski definition) is 5. The lowest BCUT2D eigenvalue weighted by Gasteiger charge is -2.33. The molecule has 172 valence electrons. The van der Waals surface area contributed by atoms with E-state index < -0.39 is 22.0 Å². The molecule has 0 radical (unpaired) electrons. The number of anilines is 1. The minimum absolute atomic E-state index is 0.0256. The quantitative estimate of drug-likeness (QED) is 0.718. The first-order chi connectivity index (χ1) is 15.1. The van der Waals surface area contributed by atoms with Crippen LogP contribution in [0.4, 0.5) is 10.5 Å². The molecule has 0 aliphatic carbocycles. The van der Waals surface area contributed by atoms with E-state index in [2.05, 4.69) is 10.6 Å². The number of amides is 3. The molecule has 2 N–H and O–H groups in total. The zero-order chi connectivity index (χ0) is 23.5. The summed E-state index contributed by atoms with van der Waals surface area (Å²) in [5.74, 6) is -0.433. The Morgan fingerprint density at radius 1 is 0.875 bits per heavy atom. The Kier molecular flexibility index (Phi) is 7.33. The van der Waals surface area contributed by atoms with Gasteiger partial charge in [0.15, 0.2) is 0 Å². The van der Waals surface area contributed by atoms with Gasteiger partial charge in [0.05, 0.1) is 11.4 Å². The molecular weight excluding hydrogens is 428 g/mol. The molecule has 2 aromatic rings. The number of sulfonamides is 1. The standard InChI is InChI=1S/C23H30N4O4S/c1-16-5-8-21(19(4)13-16)24-23(29)25-22(28)15-26-9-11-27(12-10-26)32(30,31)20-7-6-17(2)18(3)14-20/h5-8,13-14H,9-12,15H2,1-4H3,(H2,24,25,28,29). The van der Waals surface area contributed by atoms with Crippen LogP contribution in [0.2, 0.25) is 0 Å². The fourth-order valence-corrected chi connectivity index (χ4v) is 5.14. The molecule has 3 rings (SSSR count). The van der Waals surface area contributed by atoms with E-state index in [4.69, 9.17) is 0 Å². The largest absolute Gasteiger partial charge is 0.325 e. The maximum Gasteiger partial charge on any atom is 0.325 e. The highest BCUT2D eigenvalue weighted by atomic mass is 32.2. The molecule has 0 bridgehead atoms. The van der Waals surface area contributed by atoms with E-state index >= 15 is 0 Å².